The Hall–Kier alpha value is -0.0800. The zero-order valence-electron chi connectivity index (χ0n) is 21.2. The van der Waals surface area contributed by atoms with Crippen LogP contribution < -0.4 is 0 Å². The largest absolute Gasteiger partial charge is 0.381 e. The van der Waals surface area contributed by atoms with E-state index in [0.717, 1.165) is 26.4 Å². The van der Waals surface area contributed by atoms with Gasteiger partial charge in [0.05, 0.1) is 13.2 Å². The molecule has 0 bridgehead atoms. The van der Waals surface area contributed by atoms with Crippen LogP contribution in [0, 0.1) is 0 Å². The van der Waals surface area contributed by atoms with E-state index in [1.165, 1.54) is 141 Å². The summed E-state index contributed by atoms with van der Waals surface area (Å²) in [5.41, 5.74) is 0. The van der Waals surface area contributed by atoms with Crippen molar-refractivity contribution in [3.05, 3.63) is 0 Å². The van der Waals surface area contributed by atoms with Crippen LogP contribution in [0.25, 0.3) is 0 Å². The Kier molecular flexibility index (Phi) is 28.8. The van der Waals surface area contributed by atoms with Gasteiger partial charge < -0.3 is 9.47 Å². The zero-order valence-corrected chi connectivity index (χ0v) is 21.2. The van der Waals surface area contributed by atoms with Crippen LogP contribution in [0.4, 0.5) is 0 Å². The summed E-state index contributed by atoms with van der Waals surface area (Å²) >= 11 is 0. The zero-order chi connectivity index (χ0) is 21.8. The Bertz CT molecular complexity index is 251. The first kappa shape index (κ1) is 29.9. The summed E-state index contributed by atoms with van der Waals surface area (Å²) in [6, 6.07) is 0. The molecule has 1 aliphatic rings. The second-order valence-corrected chi connectivity index (χ2v) is 9.30. The predicted octanol–water partition coefficient (Wildman–Crippen LogP) is 9.64. The van der Waals surface area contributed by atoms with E-state index in [0.29, 0.717) is 0 Å². The number of hydrogen-bond acceptors (Lipinski definition) is 2. The molecule has 1 fully saturated rings. The van der Waals surface area contributed by atoms with Crippen molar-refractivity contribution in [2.75, 3.05) is 26.4 Å². The molecule has 1 rings (SSSR count). The molecule has 0 radical (unpaired) electrons. The minimum atomic E-state index is 0.995. The molecule has 1 saturated heterocycles. The van der Waals surface area contributed by atoms with E-state index >= 15 is 0 Å². The summed E-state index contributed by atoms with van der Waals surface area (Å²) in [6.07, 6.45) is 31.1. The van der Waals surface area contributed by atoms with Gasteiger partial charge in [-0.2, -0.15) is 0 Å². The molecule has 0 N–H and O–H groups in total. The first-order chi connectivity index (χ1) is 14.9. The van der Waals surface area contributed by atoms with Crippen molar-refractivity contribution in [2.45, 2.75) is 155 Å². The molecular formula is C28H58O2. The Labute approximate surface area is 191 Å². The molecule has 0 saturated carbocycles. The van der Waals surface area contributed by atoms with E-state index in [4.69, 9.17) is 4.74 Å². The second-order valence-electron chi connectivity index (χ2n) is 9.30. The fourth-order valence-corrected chi connectivity index (χ4v) is 3.84. The fraction of sp³-hybridized carbons (Fsp3) is 1.00. The van der Waals surface area contributed by atoms with Crippen LogP contribution in [0.2, 0.25) is 0 Å². The highest BCUT2D eigenvalue weighted by Gasteiger charge is 1.96. The molecule has 0 aromatic carbocycles. The van der Waals surface area contributed by atoms with Crippen LogP contribution in [0.1, 0.15) is 155 Å². The van der Waals surface area contributed by atoms with Crippen LogP contribution in [0.5, 0.6) is 0 Å². The number of unbranched alkanes of at least 4 members (excludes halogenated alkanes) is 20. The van der Waals surface area contributed by atoms with Gasteiger partial charge in [0.15, 0.2) is 0 Å². The molecule has 1 aliphatic heterocycles. The van der Waals surface area contributed by atoms with Crippen molar-refractivity contribution >= 4 is 0 Å². The molecule has 30 heavy (non-hydrogen) atoms. The molecule has 0 unspecified atom stereocenters. The van der Waals surface area contributed by atoms with Crippen molar-refractivity contribution < 1.29 is 9.47 Å². The topological polar surface area (TPSA) is 21.8 Å². The second kappa shape index (κ2) is 28.9. The third-order valence-electron chi connectivity index (χ3n) is 5.99. The fourth-order valence-electron chi connectivity index (χ4n) is 3.84. The average Bonchev–Trinajstić information content (AvgIpc) is 3.64. The highest BCUT2D eigenvalue weighted by Crippen LogP contribution is 2.12. The van der Waals surface area contributed by atoms with E-state index < -0.39 is 0 Å². The number of hydrogen-bond donors (Lipinski definition) is 0. The van der Waals surface area contributed by atoms with Gasteiger partial charge in [0.25, 0.3) is 0 Å². The summed E-state index contributed by atoms with van der Waals surface area (Å²) < 4.78 is 10.3. The normalized spacial score (nSPS) is 12.6. The third-order valence-corrected chi connectivity index (χ3v) is 5.99. The van der Waals surface area contributed by atoms with Crippen LogP contribution in [-0.2, 0) is 9.47 Å². The van der Waals surface area contributed by atoms with Crippen molar-refractivity contribution in [1.82, 2.24) is 0 Å². The smallest absolute Gasteiger partial charge is 0.0701 e. The number of epoxide rings is 1. The molecule has 182 valence electrons. The molecule has 0 aromatic heterocycles. The monoisotopic (exact) mass is 426 g/mol. The summed E-state index contributed by atoms with van der Waals surface area (Å²) in [5.74, 6) is 0. The molecule has 2 nitrogen and oxygen atoms in total. The maximum absolute atomic E-state index is 5.80. The van der Waals surface area contributed by atoms with E-state index in [9.17, 15) is 0 Å². The van der Waals surface area contributed by atoms with E-state index in [-0.39, 0.29) is 0 Å². The summed E-state index contributed by atoms with van der Waals surface area (Å²) in [4.78, 5) is 0. The molecule has 0 aliphatic carbocycles. The van der Waals surface area contributed by atoms with Crippen LogP contribution in [0.3, 0.4) is 0 Å². The Morgan fingerprint density at radius 2 is 0.633 bits per heavy atom. The van der Waals surface area contributed by atoms with E-state index in [1.807, 2.05) is 0 Å². The van der Waals surface area contributed by atoms with Crippen molar-refractivity contribution in [3.63, 3.8) is 0 Å². The first-order valence-corrected chi connectivity index (χ1v) is 14.1. The Balaban J connectivity index is 0.00000255. The highest BCUT2D eigenvalue weighted by molar-refractivity contribution is 4.49. The van der Waals surface area contributed by atoms with Gasteiger partial charge in [-0.3, -0.25) is 0 Å². The molecule has 0 spiro atoms. The number of ether oxygens (including phenoxy) is 2. The van der Waals surface area contributed by atoms with Gasteiger partial charge in [-0.15, -0.1) is 0 Å². The van der Waals surface area contributed by atoms with Gasteiger partial charge in [0.1, 0.15) is 0 Å². The molecule has 0 amide bonds. The SMILES string of the molecule is C1CO1.CCCCCCCCCCCCCOCCCCCCCCCCCCC. The maximum Gasteiger partial charge on any atom is 0.0701 e. The summed E-state index contributed by atoms with van der Waals surface area (Å²) in [5, 5.41) is 0. The van der Waals surface area contributed by atoms with Crippen LogP contribution in [0.15, 0.2) is 0 Å². The van der Waals surface area contributed by atoms with E-state index in [1.54, 1.807) is 0 Å². The lowest BCUT2D eigenvalue weighted by Gasteiger charge is -2.05. The molecule has 0 atom stereocenters. The lowest BCUT2D eigenvalue weighted by Crippen LogP contribution is -1.97. The number of rotatable bonds is 24. The first-order valence-electron chi connectivity index (χ1n) is 14.1. The van der Waals surface area contributed by atoms with Crippen molar-refractivity contribution in [2.24, 2.45) is 0 Å². The average molecular weight is 427 g/mol. The lowest BCUT2D eigenvalue weighted by atomic mass is 10.1. The van der Waals surface area contributed by atoms with E-state index in [2.05, 4.69) is 18.6 Å². The standard InChI is InChI=1S/C26H54O.C2H4O/c1-3-5-7-9-11-13-15-17-19-21-23-25-27-26-24-22-20-18-16-14-12-10-8-6-4-2;1-2-3-1/h3-26H2,1-2H3;1-2H2. The highest BCUT2D eigenvalue weighted by atomic mass is 16.6. The summed E-state index contributed by atoms with van der Waals surface area (Å²) in [7, 11) is 0. The van der Waals surface area contributed by atoms with Crippen molar-refractivity contribution in [3.8, 4) is 0 Å². The van der Waals surface area contributed by atoms with Gasteiger partial charge >= 0.3 is 0 Å². The molecular weight excluding hydrogens is 368 g/mol. The van der Waals surface area contributed by atoms with Crippen LogP contribution in [-0.4, -0.2) is 26.4 Å². The Morgan fingerprint density at radius 1 is 0.400 bits per heavy atom. The van der Waals surface area contributed by atoms with Crippen LogP contribution >= 0.6 is 0 Å². The quantitative estimate of drug-likeness (QED) is 0.113. The molecule has 0 aromatic rings. The van der Waals surface area contributed by atoms with Gasteiger partial charge in [0.2, 0.25) is 0 Å². The molecule has 2 heteroatoms. The third kappa shape index (κ3) is 32.6. The van der Waals surface area contributed by atoms with Gasteiger partial charge in [-0.25, -0.2) is 0 Å². The lowest BCUT2D eigenvalue weighted by molar-refractivity contribution is 0.125. The summed E-state index contributed by atoms with van der Waals surface area (Å²) in [6.45, 7) is 8.58. The van der Waals surface area contributed by atoms with Crippen molar-refractivity contribution in [1.29, 1.82) is 0 Å². The Morgan fingerprint density at radius 3 is 0.867 bits per heavy atom. The van der Waals surface area contributed by atoms with Gasteiger partial charge in [-0.05, 0) is 12.8 Å². The maximum atomic E-state index is 5.80. The minimum absolute atomic E-state index is 0.995. The predicted molar refractivity (Wildman–Crippen MR) is 135 cm³/mol. The van der Waals surface area contributed by atoms with Gasteiger partial charge in [-0.1, -0.05) is 142 Å². The minimum Gasteiger partial charge on any atom is -0.381 e. The molecule has 1 heterocycles. The van der Waals surface area contributed by atoms with Gasteiger partial charge in [0, 0.05) is 13.2 Å².